The SMILES string of the molecule is C=O.CCCC1(C)C(CCN)CCC1(C)C(C)C[C@H](CC)C1CCCCC1(C)C.CCCCC(CC)SC. The van der Waals surface area contributed by atoms with Gasteiger partial charge in [0.25, 0.3) is 0 Å². The largest absolute Gasteiger partial charge is 0.330 e. The number of carbonyl (C=O) groups excluding carboxylic acids is 1. The van der Waals surface area contributed by atoms with Gasteiger partial charge in [0, 0.05) is 5.25 Å². The lowest BCUT2D eigenvalue weighted by molar-refractivity contribution is -0.0980. The Hall–Kier alpha value is -0.0200. The molecule has 6 unspecified atom stereocenters. The van der Waals surface area contributed by atoms with Crippen molar-refractivity contribution >= 4 is 18.6 Å². The third-order valence-electron chi connectivity index (χ3n) is 11.6. The van der Waals surface area contributed by atoms with Crippen LogP contribution in [0.4, 0.5) is 0 Å². The molecule has 0 spiro atoms. The molecule has 2 aliphatic carbocycles. The van der Waals surface area contributed by atoms with Crippen molar-refractivity contribution in [3.63, 3.8) is 0 Å². The molecule has 2 N–H and O–H groups in total. The molecule has 0 aromatic rings. The van der Waals surface area contributed by atoms with Crippen molar-refractivity contribution in [2.24, 2.45) is 45.7 Å². The zero-order valence-corrected chi connectivity index (χ0v) is 28.6. The van der Waals surface area contributed by atoms with Gasteiger partial charge >= 0.3 is 0 Å². The molecule has 2 rings (SSSR count). The normalized spacial score (nSPS) is 30.8. The molecule has 0 radical (unpaired) electrons. The molecule has 3 heteroatoms. The zero-order chi connectivity index (χ0) is 29.4. The first-order valence-electron chi connectivity index (χ1n) is 16.5. The lowest BCUT2D eigenvalue weighted by Crippen LogP contribution is -2.43. The minimum atomic E-state index is 0.473. The van der Waals surface area contributed by atoms with Crippen LogP contribution in [0.3, 0.4) is 0 Å². The van der Waals surface area contributed by atoms with Gasteiger partial charge in [-0.3, -0.25) is 0 Å². The van der Waals surface area contributed by atoms with Gasteiger partial charge in [0.15, 0.2) is 0 Å². The summed E-state index contributed by atoms with van der Waals surface area (Å²) in [6.45, 7) is 25.2. The van der Waals surface area contributed by atoms with Crippen molar-refractivity contribution in [2.45, 2.75) is 164 Å². The Balaban J connectivity index is 0.00000105. The van der Waals surface area contributed by atoms with Crippen molar-refractivity contribution in [2.75, 3.05) is 12.8 Å². The molecule has 7 atom stereocenters. The van der Waals surface area contributed by atoms with E-state index in [4.69, 9.17) is 10.5 Å². The Morgan fingerprint density at radius 1 is 0.947 bits per heavy atom. The third kappa shape index (κ3) is 10.1. The lowest BCUT2D eigenvalue weighted by Gasteiger charge is -2.51. The van der Waals surface area contributed by atoms with Crippen LogP contribution in [0.25, 0.3) is 0 Å². The van der Waals surface area contributed by atoms with Crippen molar-refractivity contribution in [1.82, 2.24) is 0 Å². The average molecular weight is 554 g/mol. The molecule has 0 heterocycles. The maximum Gasteiger partial charge on any atom is 0.106 e. The van der Waals surface area contributed by atoms with Gasteiger partial charge in [-0.05, 0) is 111 Å². The first-order valence-corrected chi connectivity index (χ1v) is 17.8. The highest BCUT2D eigenvalue weighted by atomic mass is 32.2. The average Bonchev–Trinajstić information content (AvgIpc) is 3.16. The Morgan fingerprint density at radius 2 is 1.61 bits per heavy atom. The number of unbranched alkanes of at least 4 members (excludes halogenated alkanes) is 1. The van der Waals surface area contributed by atoms with Crippen LogP contribution in [0.2, 0.25) is 0 Å². The predicted octanol–water partition coefficient (Wildman–Crippen LogP) is 11.0. The van der Waals surface area contributed by atoms with Gasteiger partial charge in [0.2, 0.25) is 0 Å². The molecular formula is C35H71NOS. The first-order chi connectivity index (χ1) is 18.0. The van der Waals surface area contributed by atoms with E-state index in [9.17, 15) is 0 Å². The van der Waals surface area contributed by atoms with Crippen LogP contribution in [0.1, 0.15) is 159 Å². The summed E-state index contributed by atoms with van der Waals surface area (Å²) in [6.07, 6.45) is 23.1. The molecule has 0 aromatic carbocycles. The molecular weight excluding hydrogens is 482 g/mol. The Labute approximate surface area is 245 Å². The number of rotatable bonds is 14. The molecule has 0 bridgehead atoms. The smallest absolute Gasteiger partial charge is 0.106 e. The monoisotopic (exact) mass is 554 g/mol. The standard InChI is InChI=1S/C26H51N.C8H18S.CH2O/c1-8-15-26(7)22(14-18-27)13-17-25(26,6)20(3)19-21(9-2)23-12-10-11-16-24(23,4)5;1-4-6-7-8(5-2)9-3;1-2/h20-23H,8-19,27H2,1-7H3;8H,4-7H2,1-3H3;1H2/t20?,21-,22?,23?,25?,26?;;/m0../s1. The second-order valence-corrected chi connectivity index (χ2v) is 15.1. The summed E-state index contributed by atoms with van der Waals surface area (Å²) in [5.41, 5.74) is 7.52. The van der Waals surface area contributed by atoms with Crippen LogP contribution in [0.5, 0.6) is 0 Å². The van der Waals surface area contributed by atoms with E-state index in [1.54, 1.807) is 0 Å². The van der Waals surface area contributed by atoms with E-state index in [2.05, 4.69) is 68.6 Å². The molecule has 0 aromatic heterocycles. The third-order valence-corrected chi connectivity index (χ3v) is 12.8. The highest BCUT2D eigenvalue weighted by molar-refractivity contribution is 7.99. The van der Waals surface area contributed by atoms with Crippen molar-refractivity contribution < 1.29 is 4.79 Å². The fraction of sp³-hybridized carbons (Fsp3) is 0.971. The summed E-state index contributed by atoms with van der Waals surface area (Å²) in [5.74, 6) is 3.49. The topological polar surface area (TPSA) is 43.1 Å². The highest BCUT2D eigenvalue weighted by Crippen LogP contribution is 2.64. The number of thioether (sulfide) groups is 1. The van der Waals surface area contributed by atoms with Gasteiger partial charge in [0.1, 0.15) is 6.79 Å². The summed E-state index contributed by atoms with van der Waals surface area (Å²) in [4.78, 5) is 8.00. The number of hydrogen-bond acceptors (Lipinski definition) is 3. The summed E-state index contributed by atoms with van der Waals surface area (Å²) in [6, 6.07) is 0. The second kappa shape index (κ2) is 19.2. The molecule has 2 nitrogen and oxygen atoms in total. The molecule has 0 saturated heterocycles. The van der Waals surface area contributed by atoms with Gasteiger partial charge in [0.05, 0.1) is 0 Å². The predicted molar refractivity (Wildman–Crippen MR) is 175 cm³/mol. The zero-order valence-electron chi connectivity index (χ0n) is 27.8. The van der Waals surface area contributed by atoms with Crippen LogP contribution in [0.15, 0.2) is 0 Å². The summed E-state index contributed by atoms with van der Waals surface area (Å²) >= 11 is 2.01. The minimum Gasteiger partial charge on any atom is -0.330 e. The van der Waals surface area contributed by atoms with E-state index < -0.39 is 0 Å². The van der Waals surface area contributed by atoms with Crippen molar-refractivity contribution in [3.8, 4) is 0 Å². The minimum absolute atomic E-state index is 0.473. The van der Waals surface area contributed by atoms with Gasteiger partial charge < -0.3 is 10.5 Å². The molecule has 38 heavy (non-hydrogen) atoms. The van der Waals surface area contributed by atoms with Gasteiger partial charge in [-0.1, -0.05) is 101 Å². The molecule has 228 valence electrons. The summed E-state index contributed by atoms with van der Waals surface area (Å²) < 4.78 is 0. The highest BCUT2D eigenvalue weighted by Gasteiger charge is 2.55. The molecule has 0 amide bonds. The first kappa shape index (κ1) is 38.0. The van der Waals surface area contributed by atoms with E-state index in [-0.39, 0.29) is 0 Å². The summed E-state index contributed by atoms with van der Waals surface area (Å²) in [7, 11) is 0. The van der Waals surface area contributed by atoms with Crippen LogP contribution in [-0.4, -0.2) is 24.8 Å². The number of hydrogen-bond donors (Lipinski definition) is 1. The number of nitrogens with two attached hydrogens (primary N) is 1. The van der Waals surface area contributed by atoms with E-state index >= 15 is 0 Å². The van der Waals surface area contributed by atoms with E-state index in [0.29, 0.717) is 16.2 Å². The Morgan fingerprint density at radius 3 is 2.08 bits per heavy atom. The second-order valence-electron chi connectivity index (χ2n) is 14.0. The fourth-order valence-electron chi connectivity index (χ4n) is 8.67. The fourth-order valence-corrected chi connectivity index (χ4v) is 9.41. The van der Waals surface area contributed by atoms with Gasteiger partial charge in [-0.25, -0.2) is 0 Å². The Bertz CT molecular complexity index is 590. The maximum atomic E-state index is 8.00. The summed E-state index contributed by atoms with van der Waals surface area (Å²) in [5, 5.41) is 0.921. The van der Waals surface area contributed by atoms with Crippen molar-refractivity contribution in [3.05, 3.63) is 0 Å². The lowest BCUT2D eigenvalue weighted by atomic mass is 9.54. The molecule has 2 aliphatic rings. The molecule has 0 aliphatic heterocycles. The van der Waals surface area contributed by atoms with Gasteiger partial charge in [-0.2, -0.15) is 11.8 Å². The van der Waals surface area contributed by atoms with Crippen LogP contribution >= 0.6 is 11.8 Å². The van der Waals surface area contributed by atoms with E-state index in [1.807, 2.05) is 18.6 Å². The van der Waals surface area contributed by atoms with Crippen molar-refractivity contribution in [1.29, 1.82) is 0 Å². The number of carbonyl (C=O) groups is 1. The van der Waals surface area contributed by atoms with Crippen LogP contribution in [-0.2, 0) is 4.79 Å². The maximum absolute atomic E-state index is 8.00. The van der Waals surface area contributed by atoms with Crippen LogP contribution in [0, 0.1) is 39.9 Å². The van der Waals surface area contributed by atoms with E-state index in [0.717, 1.165) is 35.5 Å². The van der Waals surface area contributed by atoms with E-state index in [1.165, 1.54) is 96.3 Å². The molecule has 2 saturated carbocycles. The van der Waals surface area contributed by atoms with Gasteiger partial charge in [-0.15, -0.1) is 0 Å². The molecule has 2 fully saturated rings. The quantitative estimate of drug-likeness (QED) is 0.232. The Kier molecular flexibility index (Phi) is 19.2. The van der Waals surface area contributed by atoms with Crippen LogP contribution < -0.4 is 5.73 Å².